The molecule has 3 aromatic rings. The van der Waals surface area contributed by atoms with E-state index in [-0.39, 0.29) is 4.87 Å². The smallest absolute Gasteiger partial charge is 0.304 e. The van der Waals surface area contributed by atoms with E-state index in [0.29, 0.717) is 28.9 Å². The van der Waals surface area contributed by atoms with Gasteiger partial charge in [0.1, 0.15) is 5.82 Å². The first-order chi connectivity index (χ1) is 10.1. The lowest BCUT2D eigenvalue weighted by Crippen LogP contribution is -2.07. The van der Waals surface area contributed by atoms with Crippen LogP contribution in [0.4, 0.5) is 0 Å². The van der Waals surface area contributed by atoms with Crippen molar-refractivity contribution in [3.63, 3.8) is 0 Å². The molecular formula is C13H10Cl3N3OS. The average Bonchev–Trinajstić information content (AvgIpc) is 2.97. The number of benzene rings is 1. The van der Waals surface area contributed by atoms with Gasteiger partial charge in [0.15, 0.2) is 0 Å². The largest absolute Gasteiger partial charge is 0.322 e. The summed E-state index contributed by atoms with van der Waals surface area (Å²) < 4.78 is 2.00. The molecule has 0 bridgehead atoms. The summed E-state index contributed by atoms with van der Waals surface area (Å²) in [5, 5.41) is 2.74. The van der Waals surface area contributed by atoms with E-state index in [1.807, 2.05) is 4.57 Å². The van der Waals surface area contributed by atoms with Crippen molar-refractivity contribution < 1.29 is 0 Å². The molecule has 0 aliphatic carbocycles. The van der Waals surface area contributed by atoms with E-state index in [0.717, 1.165) is 33.9 Å². The third-order valence-corrected chi connectivity index (χ3v) is 4.72. The van der Waals surface area contributed by atoms with Gasteiger partial charge in [-0.25, -0.2) is 4.98 Å². The van der Waals surface area contributed by atoms with E-state index in [9.17, 15) is 4.79 Å². The molecule has 0 aliphatic heterocycles. The molecule has 110 valence electrons. The van der Waals surface area contributed by atoms with Crippen molar-refractivity contribution in [3.05, 3.63) is 48.7 Å². The van der Waals surface area contributed by atoms with Crippen molar-refractivity contribution in [1.29, 1.82) is 0 Å². The molecule has 2 heterocycles. The summed E-state index contributed by atoms with van der Waals surface area (Å²) >= 11 is 19.1. The molecule has 0 atom stereocenters. The fourth-order valence-corrected chi connectivity index (χ4v) is 3.24. The summed E-state index contributed by atoms with van der Waals surface area (Å²) in [6, 6.07) is 3.53. The molecule has 1 N–H and O–H groups in total. The van der Waals surface area contributed by atoms with Gasteiger partial charge in [0, 0.05) is 23.4 Å². The van der Waals surface area contributed by atoms with E-state index in [2.05, 4.69) is 9.97 Å². The molecule has 0 amide bonds. The van der Waals surface area contributed by atoms with E-state index in [1.54, 1.807) is 17.5 Å². The van der Waals surface area contributed by atoms with Crippen LogP contribution in [0.25, 0.3) is 11.0 Å². The van der Waals surface area contributed by atoms with Gasteiger partial charge < -0.3 is 9.55 Å². The lowest BCUT2D eigenvalue weighted by Gasteiger charge is -2.07. The molecule has 0 aliphatic rings. The summed E-state index contributed by atoms with van der Waals surface area (Å²) in [4.78, 5) is 18.5. The van der Waals surface area contributed by atoms with Crippen LogP contribution in [-0.2, 0) is 13.0 Å². The predicted molar refractivity (Wildman–Crippen MR) is 88.2 cm³/mol. The van der Waals surface area contributed by atoms with Crippen molar-refractivity contribution in [2.24, 2.45) is 0 Å². The topological polar surface area (TPSA) is 50.7 Å². The number of hydrogen-bond acceptors (Lipinski definition) is 3. The standard InChI is InChI=1S/C13H10Cl3N3OS/c14-2-1-12-18-10-3-8(15)9(16)4-11(10)19(12)5-7-6-21-13(20)17-7/h3-4,6H,1-2,5H2,(H,17,20). The molecule has 2 aromatic heterocycles. The maximum Gasteiger partial charge on any atom is 0.304 e. The molecule has 0 fully saturated rings. The maximum absolute atomic E-state index is 11.3. The third kappa shape index (κ3) is 2.97. The fraction of sp³-hybridized carbons (Fsp3) is 0.231. The van der Waals surface area contributed by atoms with Crippen LogP contribution < -0.4 is 4.87 Å². The molecule has 0 spiro atoms. The van der Waals surface area contributed by atoms with Crippen molar-refractivity contribution in [1.82, 2.24) is 14.5 Å². The number of halogens is 3. The minimum atomic E-state index is -0.0746. The lowest BCUT2D eigenvalue weighted by molar-refractivity contribution is 0.740. The second-order valence-corrected chi connectivity index (χ2v) is 6.52. The van der Waals surface area contributed by atoms with Crippen LogP contribution in [0, 0.1) is 0 Å². The molecule has 3 rings (SSSR count). The van der Waals surface area contributed by atoms with Crippen LogP contribution in [0.15, 0.2) is 22.3 Å². The number of hydrogen-bond donors (Lipinski definition) is 1. The maximum atomic E-state index is 11.3. The highest BCUT2D eigenvalue weighted by atomic mass is 35.5. The Morgan fingerprint density at radius 1 is 1.29 bits per heavy atom. The quantitative estimate of drug-likeness (QED) is 0.715. The number of aromatic amines is 1. The van der Waals surface area contributed by atoms with Gasteiger partial charge in [0.05, 0.1) is 27.6 Å². The van der Waals surface area contributed by atoms with Crippen LogP contribution >= 0.6 is 46.1 Å². The zero-order valence-corrected chi connectivity index (χ0v) is 13.8. The van der Waals surface area contributed by atoms with Crippen molar-refractivity contribution in [2.45, 2.75) is 13.0 Å². The Labute approximate surface area is 139 Å². The Hall–Kier alpha value is -1.01. The molecule has 21 heavy (non-hydrogen) atoms. The molecule has 0 radical (unpaired) electrons. The van der Waals surface area contributed by atoms with Crippen molar-refractivity contribution in [3.8, 4) is 0 Å². The summed E-state index contributed by atoms with van der Waals surface area (Å²) in [6.07, 6.45) is 0.625. The highest BCUT2D eigenvalue weighted by Gasteiger charge is 2.14. The molecule has 8 heteroatoms. The van der Waals surface area contributed by atoms with Crippen LogP contribution in [0.1, 0.15) is 11.5 Å². The van der Waals surface area contributed by atoms with Crippen LogP contribution in [0.3, 0.4) is 0 Å². The first-order valence-electron chi connectivity index (χ1n) is 6.15. The van der Waals surface area contributed by atoms with E-state index in [1.165, 1.54) is 0 Å². The third-order valence-electron chi connectivity index (χ3n) is 3.09. The van der Waals surface area contributed by atoms with Gasteiger partial charge in [0.25, 0.3) is 0 Å². The van der Waals surface area contributed by atoms with Crippen molar-refractivity contribution >= 4 is 57.2 Å². The monoisotopic (exact) mass is 361 g/mol. The summed E-state index contributed by atoms with van der Waals surface area (Å²) in [7, 11) is 0. The number of aromatic nitrogens is 3. The van der Waals surface area contributed by atoms with E-state index < -0.39 is 0 Å². The minimum absolute atomic E-state index is 0.0746. The van der Waals surface area contributed by atoms with Gasteiger partial charge in [-0.05, 0) is 12.1 Å². The first kappa shape index (κ1) is 14.9. The number of H-pyrrole nitrogens is 1. The molecule has 4 nitrogen and oxygen atoms in total. The van der Waals surface area contributed by atoms with Gasteiger partial charge in [-0.1, -0.05) is 34.5 Å². The number of nitrogens with zero attached hydrogens (tertiary/aromatic N) is 2. The molecule has 1 aromatic carbocycles. The Bertz CT molecular complexity index is 852. The number of thiazole rings is 1. The SMILES string of the molecule is O=c1[nH]c(Cn2c(CCCl)nc3cc(Cl)c(Cl)cc32)cs1. The Morgan fingerprint density at radius 2 is 2.05 bits per heavy atom. The number of rotatable bonds is 4. The first-order valence-corrected chi connectivity index (χ1v) is 8.32. The molecule has 0 saturated heterocycles. The predicted octanol–water partition coefficient (Wildman–Crippen LogP) is 3.92. The average molecular weight is 363 g/mol. The molecule has 0 unspecified atom stereocenters. The highest BCUT2D eigenvalue weighted by molar-refractivity contribution is 7.07. The molecule has 0 saturated carbocycles. The van der Waals surface area contributed by atoms with E-state index in [4.69, 9.17) is 34.8 Å². The number of alkyl halides is 1. The summed E-state index contributed by atoms with van der Waals surface area (Å²) in [5.41, 5.74) is 2.46. The van der Waals surface area contributed by atoms with E-state index >= 15 is 0 Å². The fourth-order valence-electron chi connectivity index (χ4n) is 2.18. The number of nitrogens with one attached hydrogen (secondary N) is 1. The number of aryl methyl sites for hydroxylation is 1. The second kappa shape index (κ2) is 6.01. The van der Waals surface area contributed by atoms with Gasteiger partial charge >= 0.3 is 4.87 Å². The number of imidazole rings is 1. The Kier molecular flexibility index (Phi) is 4.26. The van der Waals surface area contributed by atoms with Crippen molar-refractivity contribution in [2.75, 3.05) is 5.88 Å². The van der Waals surface area contributed by atoms with Gasteiger partial charge in [-0.3, -0.25) is 4.79 Å². The van der Waals surface area contributed by atoms with Crippen LogP contribution in [0.2, 0.25) is 10.0 Å². The minimum Gasteiger partial charge on any atom is -0.322 e. The number of fused-ring (bicyclic) bond motifs is 1. The molecular weight excluding hydrogens is 353 g/mol. The zero-order chi connectivity index (χ0) is 15.0. The highest BCUT2D eigenvalue weighted by Crippen LogP contribution is 2.29. The van der Waals surface area contributed by atoms with Crippen LogP contribution in [0.5, 0.6) is 0 Å². The lowest BCUT2D eigenvalue weighted by atomic mass is 10.3. The van der Waals surface area contributed by atoms with Gasteiger partial charge in [-0.15, -0.1) is 11.6 Å². The zero-order valence-electron chi connectivity index (χ0n) is 10.7. The normalized spacial score (nSPS) is 11.4. The Morgan fingerprint density at radius 3 is 2.71 bits per heavy atom. The Balaban J connectivity index is 2.14. The van der Waals surface area contributed by atoms with Gasteiger partial charge in [0.2, 0.25) is 0 Å². The van der Waals surface area contributed by atoms with Gasteiger partial charge in [-0.2, -0.15) is 0 Å². The second-order valence-electron chi connectivity index (χ2n) is 4.48. The summed E-state index contributed by atoms with van der Waals surface area (Å²) in [5.74, 6) is 1.30. The van der Waals surface area contributed by atoms with Crippen LogP contribution in [-0.4, -0.2) is 20.4 Å². The summed E-state index contributed by atoms with van der Waals surface area (Å²) in [6.45, 7) is 0.513.